The van der Waals surface area contributed by atoms with Crippen LogP contribution in [0.3, 0.4) is 0 Å². The molecule has 1 atom stereocenters. The second kappa shape index (κ2) is 7.72. The Hall–Kier alpha value is -2.64. The van der Waals surface area contributed by atoms with Crippen molar-refractivity contribution < 1.29 is 9.18 Å². The Kier molecular flexibility index (Phi) is 5.39. The van der Waals surface area contributed by atoms with Crippen molar-refractivity contribution in [3.05, 3.63) is 70.9 Å². The highest BCUT2D eigenvalue weighted by atomic mass is 35.5. The maximum Gasteiger partial charge on any atom is 0.253 e. The number of nitrogens with zero attached hydrogens (tertiary/aromatic N) is 3. The fourth-order valence-corrected chi connectivity index (χ4v) is 3.03. The molecule has 0 radical (unpaired) electrons. The monoisotopic (exact) mass is 375 g/mol. The fraction of sp³-hybridized carbons (Fsp3) is 0.222. The zero-order chi connectivity index (χ0) is 18.7. The Morgan fingerprint density at radius 1 is 1.42 bits per heavy atom. The number of hydrogen-bond donors (Lipinski definition) is 2. The van der Waals surface area contributed by atoms with Crippen LogP contribution in [0.4, 0.5) is 4.39 Å². The lowest BCUT2D eigenvalue weighted by atomic mass is 10.1. The van der Waals surface area contributed by atoms with E-state index in [2.05, 4.69) is 10.4 Å². The molecule has 0 aliphatic rings. The number of carbonyl (C=O) groups is 1. The number of amides is 1. The van der Waals surface area contributed by atoms with Crippen molar-refractivity contribution in [2.24, 2.45) is 12.8 Å². The van der Waals surface area contributed by atoms with Crippen molar-refractivity contribution in [1.82, 2.24) is 19.7 Å². The smallest absolute Gasteiger partial charge is 0.253 e. The largest absolute Gasteiger partial charge is 0.348 e. The minimum atomic E-state index is -0.310. The highest BCUT2D eigenvalue weighted by molar-refractivity contribution is 6.32. The highest BCUT2D eigenvalue weighted by Crippen LogP contribution is 2.20. The molecule has 0 saturated carbocycles. The molecule has 0 aliphatic carbocycles. The molecule has 3 aromatic rings. The average Bonchev–Trinajstić information content (AvgIpc) is 3.21. The fourth-order valence-electron chi connectivity index (χ4n) is 2.77. The van der Waals surface area contributed by atoms with Gasteiger partial charge in [0.15, 0.2) is 5.82 Å². The lowest BCUT2D eigenvalue weighted by molar-refractivity contribution is 0.0938. The molecule has 2 aromatic heterocycles. The average molecular weight is 376 g/mol. The van der Waals surface area contributed by atoms with Crippen molar-refractivity contribution >= 4 is 17.5 Å². The molecule has 8 heteroatoms. The molecule has 2 heterocycles. The van der Waals surface area contributed by atoms with Gasteiger partial charge >= 0.3 is 0 Å². The summed E-state index contributed by atoms with van der Waals surface area (Å²) in [6.45, 7) is 0.247. The van der Waals surface area contributed by atoms with E-state index in [1.165, 1.54) is 12.1 Å². The number of aromatic nitrogens is 3. The van der Waals surface area contributed by atoms with Gasteiger partial charge in [-0.15, -0.1) is 0 Å². The van der Waals surface area contributed by atoms with E-state index in [4.69, 9.17) is 17.3 Å². The van der Waals surface area contributed by atoms with Gasteiger partial charge in [-0.2, -0.15) is 5.10 Å². The van der Waals surface area contributed by atoms with E-state index in [1.807, 2.05) is 0 Å². The Balaban J connectivity index is 1.71. The second-order valence-corrected chi connectivity index (χ2v) is 6.39. The zero-order valence-corrected chi connectivity index (χ0v) is 14.9. The van der Waals surface area contributed by atoms with Gasteiger partial charge in [0.05, 0.1) is 11.8 Å². The number of nitrogens with two attached hydrogens (primary N) is 1. The van der Waals surface area contributed by atoms with Crippen LogP contribution in [0.2, 0.25) is 5.02 Å². The first-order valence-corrected chi connectivity index (χ1v) is 8.47. The van der Waals surface area contributed by atoms with E-state index in [-0.39, 0.29) is 24.3 Å². The van der Waals surface area contributed by atoms with Crippen LogP contribution in [0.1, 0.15) is 15.9 Å². The third kappa shape index (κ3) is 3.95. The molecule has 0 bridgehead atoms. The first kappa shape index (κ1) is 18.2. The maximum absolute atomic E-state index is 13.3. The molecule has 0 aliphatic heterocycles. The third-order valence-electron chi connectivity index (χ3n) is 4.05. The van der Waals surface area contributed by atoms with Crippen molar-refractivity contribution in [2.75, 3.05) is 6.54 Å². The van der Waals surface area contributed by atoms with Gasteiger partial charge in [0.25, 0.3) is 5.91 Å². The summed E-state index contributed by atoms with van der Waals surface area (Å²) in [5.74, 6) is 0.101. The maximum atomic E-state index is 13.3. The van der Waals surface area contributed by atoms with E-state index in [0.29, 0.717) is 22.8 Å². The van der Waals surface area contributed by atoms with E-state index in [9.17, 15) is 9.18 Å². The SMILES string of the molecule is Cn1ncc(Cl)c1-n1ccc(C(=O)N[C@H](CN)Cc2cccc(F)c2)c1. The molecule has 0 fully saturated rings. The van der Waals surface area contributed by atoms with Gasteiger partial charge in [-0.25, -0.2) is 4.39 Å². The lowest BCUT2D eigenvalue weighted by Crippen LogP contribution is -2.41. The molecule has 1 aromatic carbocycles. The second-order valence-electron chi connectivity index (χ2n) is 5.99. The summed E-state index contributed by atoms with van der Waals surface area (Å²) in [6, 6.07) is 7.65. The molecule has 0 unspecified atom stereocenters. The van der Waals surface area contributed by atoms with Crippen LogP contribution in [-0.2, 0) is 13.5 Å². The minimum Gasteiger partial charge on any atom is -0.348 e. The van der Waals surface area contributed by atoms with Gasteiger partial charge < -0.3 is 15.6 Å². The predicted octanol–water partition coefficient (Wildman–Crippen LogP) is 2.30. The molecule has 3 N–H and O–H groups in total. The van der Waals surface area contributed by atoms with Crippen molar-refractivity contribution in [2.45, 2.75) is 12.5 Å². The molecular weight excluding hydrogens is 357 g/mol. The van der Waals surface area contributed by atoms with Crippen LogP contribution in [0.25, 0.3) is 5.82 Å². The molecule has 1 amide bonds. The van der Waals surface area contributed by atoms with Gasteiger partial charge in [-0.3, -0.25) is 9.48 Å². The topological polar surface area (TPSA) is 77.9 Å². The van der Waals surface area contributed by atoms with E-state index in [0.717, 1.165) is 5.56 Å². The number of aryl methyl sites for hydroxylation is 1. The summed E-state index contributed by atoms with van der Waals surface area (Å²) in [5.41, 5.74) is 7.01. The molecular formula is C18H19ClFN5O. The quantitative estimate of drug-likeness (QED) is 0.694. The van der Waals surface area contributed by atoms with Crippen LogP contribution in [0.15, 0.2) is 48.9 Å². The number of halogens is 2. The van der Waals surface area contributed by atoms with Gasteiger partial charge in [-0.05, 0) is 30.2 Å². The number of rotatable bonds is 6. The number of nitrogens with one attached hydrogen (secondary N) is 1. The first-order valence-electron chi connectivity index (χ1n) is 8.09. The number of hydrogen-bond acceptors (Lipinski definition) is 3. The van der Waals surface area contributed by atoms with Crippen LogP contribution < -0.4 is 11.1 Å². The van der Waals surface area contributed by atoms with Gasteiger partial charge in [0, 0.05) is 32.0 Å². The Labute approximate surface area is 155 Å². The zero-order valence-electron chi connectivity index (χ0n) is 14.2. The van der Waals surface area contributed by atoms with E-state index in [1.54, 1.807) is 53.1 Å². The third-order valence-corrected chi connectivity index (χ3v) is 4.32. The van der Waals surface area contributed by atoms with E-state index >= 15 is 0 Å². The molecule has 6 nitrogen and oxygen atoms in total. The van der Waals surface area contributed by atoms with Crippen molar-refractivity contribution in [3.8, 4) is 5.82 Å². The summed E-state index contributed by atoms with van der Waals surface area (Å²) in [5, 5.41) is 7.45. The van der Waals surface area contributed by atoms with Crippen LogP contribution in [0.5, 0.6) is 0 Å². The van der Waals surface area contributed by atoms with Gasteiger partial charge in [0.1, 0.15) is 10.8 Å². The van der Waals surface area contributed by atoms with Crippen LogP contribution in [0, 0.1) is 5.82 Å². The Morgan fingerprint density at radius 3 is 2.88 bits per heavy atom. The number of carbonyl (C=O) groups excluding carboxylic acids is 1. The molecule has 26 heavy (non-hydrogen) atoms. The normalized spacial score (nSPS) is 12.2. The summed E-state index contributed by atoms with van der Waals surface area (Å²) in [4.78, 5) is 12.5. The molecule has 136 valence electrons. The number of benzene rings is 1. The minimum absolute atomic E-state index is 0.247. The van der Waals surface area contributed by atoms with E-state index < -0.39 is 0 Å². The highest BCUT2D eigenvalue weighted by Gasteiger charge is 2.16. The Morgan fingerprint density at radius 2 is 2.23 bits per heavy atom. The predicted molar refractivity (Wildman–Crippen MR) is 98.0 cm³/mol. The van der Waals surface area contributed by atoms with Gasteiger partial charge in [-0.1, -0.05) is 23.7 Å². The lowest BCUT2D eigenvalue weighted by Gasteiger charge is -2.16. The standard InChI is InChI=1S/C18H19ClFN5O/c1-24-18(16(19)10-22-24)25-6-5-13(11-25)17(26)23-15(9-21)8-12-3-2-4-14(20)7-12/h2-7,10-11,15H,8-9,21H2,1H3,(H,23,26)/t15-/m0/s1. The summed E-state index contributed by atoms with van der Waals surface area (Å²) >= 11 is 6.13. The summed E-state index contributed by atoms with van der Waals surface area (Å²) in [7, 11) is 1.77. The van der Waals surface area contributed by atoms with Crippen LogP contribution in [-0.4, -0.2) is 32.8 Å². The molecule has 0 spiro atoms. The summed E-state index contributed by atoms with van der Waals surface area (Å²) < 4.78 is 16.7. The molecule has 0 saturated heterocycles. The van der Waals surface area contributed by atoms with Crippen LogP contribution >= 0.6 is 11.6 Å². The van der Waals surface area contributed by atoms with Crippen molar-refractivity contribution in [3.63, 3.8) is 0 Å². The molecule has 3 rings (SSSR count). The first-order chi connectivity index (χ1) is 12.5. The van der Waals surface area contributed by atoms with Crippen molar-refractivity contribution in [1.29, 1.82) is 0 Å². The van der Waals surface area contributed by atoms with Gasteiger partial charge in [0.2, 0.25) is 0 Å². The Bertz CT molecular complexity index is 900. The summed E-state index contributed by atoms with van der Waals surface area (Å²) in [6.07, 6.45) is 5.41.